The van der Waals surface area contributed by atoms with E-state index in [2.05, 4.69) is 39.9 Å². The Balaban J connectivity index is 2.70. The van der Waals surface area contributed by atoms with Crippen LogP contribution in [0.2, 0.25) is 0 Å². The predicted molar refractivity (Wildman–Crippen MR) is 82.0 cm³/mol. The van der Waals surface area contributed by atoms with Gasteiger partial charge in [0, 0.05) is 12.1 Å². The van der Waals surface area contributed by atoms with Gasteiger partial charge in [0.25, 0.3) is 0 Å². The average molecular weight is 253 g/mol. The summed E-state index contributed by atoms with van der Waals surface area (Å²) in [5.74, 6) is 0.949. The molecule has 0 amide bonds. The Morgan fingerprint density at radius 3 is 1.78 bits per heavy atom. The van der Waals surface area contributed by atoms with Crippen molar-refractivity contribution in [3.8, 4) is 0 Å². The first-order valence-electron chi connectivity index (χ1n) is 8.18. The van der Waals surface area contributed by atoms with Crippen LogP contribution in [0.25, 0.3) is 0 Å². The van der Waals surface area contributed by atoms with Crippen molar-refractivity contribution in [2.45, 2.75) is 91.5 Å². The first kappa shape index (κ1) is 16.0. The summed E-state index contributed by atoms with van der Waals surface area (Å²) in [6, 6.07) is 0. The van der Waals surface area contributed by atoms with E-state index in [0.717, 1.165) is 5.92 Å². The topological polar surface area (TPSA) is 12.0 Å². The summed E-state index contributed by atoms with van der Waals surface area (Å²) in [4.78, 5) is 0. The second kappa shape index (κ2) is 6.93. The van der Waals surface area contributed by atoms with E-state index in [0.29, 0.717) is 5.41 Å². The van der Waals surface area contributed by atoms with E-state index in [1.165, 1.54) is 57.9 Å². The molecule has 1 aliphatic carbocycles. The van der Waals surface area contributed by atoms with E-state index in [9.17, 15) is 0 Å². The molecule has 1 rings (SSSR count). The highest BCUT2D eigenvalue weighted by atomic mass is 15.0. The van der Waals surface area contributed by atoms with Crippen LogP contribution in [-0.2, 0) is 0 Å². The summed E-state index contributed by atoms with van der Waals surface area (Å²) in [6.45, 7) is 12.9. The minimum atomic E-state index is 0.250. The number of hydrogen-bond donors (Lipinski definition) is 1. The van der Waals surface area contributed by atoms with Gasteiger partial charge in [-0.2, -0.15) is 0 Å². The summed E-state index contributed by atoms with van der Waals surface area (Å²) in [6.07, 6.45) is 11.4. The lowest BCUT2D eigenvalue weighted by atomic mass is 9.68. The fraction of sp³-hybridized carbons (Fsp3) is 1.00. The van der Waals surface area contributed by atoms with Crippen LogP contribution < -0.4 is 5.32 Å². The van der Waals surface area contributed by atoms with Gasteiger partial charge in [0.1, 0.15) is 0 Å². The highest BCUT2D eigenvalue weighted by Crippen LogP contribution is 2.42. The summed E-state index contributed by atoms with van der Waals surface area (Å²) < 4.78 is 0. The van der Waals surface area contributed by atoms with Crippen LogP contribution >= 0.6 is 0 Å². The zero-order valence-corrected chi connectivity index (χ0v) is 13.4. The van der Waals surface area contributed by atoms with Crippen molar-refractivity contribution in [2.24, 2.45) is 11.3 Å². The van der Waals surface area contributed by atoms with Crippen molar-refractivity contribution in [2.75, 3.05) is 6.54 Å². The van der Waals surface area contributed by atoms with Crippen molar-refractivity contribution < 1.29 is 0 Å². The molecule has 0 heterocycles. The SMILES string of the molecule is CCC(CC)(CNC(C)(C)C)C1CCCCCC1. The van der Waals surface area contributed by atoms with Crippen LogP contribution in [0.3, 0.4) is 0 Å². The largest absolute Gasteiger partial charge is 0.312 e. The third-order valence-corrected chi connectivity index (χ3v) is 5.10. The average Bonchev–Trinajstić information content (AvgIpc) is 2.59. The molecule has 1 fully saturated rings. The molecule has 1 nitrogen and oxygen atoms in total. The zero-order valence-electron chi connectivity index (χ0n) is 13.4. The Kier molecular flexibility index (Phi) is 6.17. The van der Waals surface area contributed by atoms with Crippen LogP contribution in [0, 0.1) is 11.3 Å². The van der Waals surface area contributed by atoms with Crippen molar-refractivity contribution in [1.29, 1.82) is 0 Å². The van der Waals surface area contributed by atoms with E-state index in [4.69, 9.17) is 0 Å². The van der Waals surface area contributed by atoms with Gasteiger partial charge >= 0.3 is 0 Å². The zero-order chi connectivity index (χ0) is 13.6. The van der Waals surface area contributed by atoms with E-state index < -0.39 is 0 Å². The molecule has 1 saturated carbocycles. The molecule has 1 N–H and O–H groups in total. The molecule has 0 aromatic carbocycles. The lowest BCUT2D eigenvalue weighted by molar-refractivity contribution is 0.111. The Bertz CT molecular complexity index is 214. The van der Waals surface area contributed by atoms with Crippen LogP contribution in [0.15, 0.2) is 0 Å². The lowest BCUT2D eigenvalue weighted by Gasteiger charge is -2.42. The van der Waals surface area contributed by atoms with Gasteiger partial charge in [-0.15, -0.1) is 0 Å². The molecule has 0 spiro atoms. The maximum absolute atomic E-state index is 3.78. The molecule has 0 aromatic rings. The summed E-state index contributed by atoms with van der Waals surface area (Å²) in [5.41, 5.74) is 0.790. The third kappa shape index (κ3) is 4.57. The smallest absolute Gasteiger partial charge is 0.00967 e. The van der Waals surface area contributed by atoms with Crippen LogP contribution in [0.5, 0.6) is 0 Å². The second-order valence-corrected chi connectivity index (χ2v) is 7.36. The second-order valence-electron chi connectivity index (χ2n) is 7.36. The Hall–Kier alpha value is -0.0400. The van der Waals surface area contributed by atoms with Crippen molar-refractivity contribution >= 4 is 0 Å². The molecule has 0 atom stereocenters. The van der Waals surface area contributed by atoms with Crippen LogP contribution in [0.4, 0.5) is 0 Å². The maximum atomic E-state index is 3.78. The van der Waals surface area contributed by atoms with E-state index in [1.54, 1.807) is 0 Å². The molecule has 0 aliphatic heterocycles. The number of nitrogens with one attached hydrogen (secondary N) is 1. The monoisotopic (exact) mass is 253 g/mol. The molecule has 1 aliphatic rings. The third-order valence-electron chi connectivity index (χ3n) is 5.10. The standard InChI is InChI=1S/C17H35N/c1-6-17(7-2,14-18-16(3,4)5)15-12-10-8-9-11-13-15/h15,18H,6-14H2,1-5H3. The highest BCUT2D eigenvalue weighted by Gasteiger charge is 2.36. The minimum Gasteiger partial charge on any atom is -0.312 e. The quantitative estimate of drug-likeness (QED) is 0.668. The molecule has 0 unspecified atom stereocenters. The number of hydrogen-bond acceptors (Lipinski definition) is 1. The molecule has 0 aromatic heterocycles. The van der Waals surface area contributed by atoms with Gasteiger partial charge in [-0.1, -0.05) is 39.5 Å². The van der Waals surface area contributed by atoms with E-state index in [1.807, 2.05) is 0 Å². The summed E-state index contributed by atoms with van der Waals surface area (Å²) >= 11 is 0. The Morgan fingerprint density at radius 1 is 0.889 bits per heavy atom. The molecule has 0 saturated heterocycles. The number of rotatable bonds is 5. The first-order valence-corrected chi connectivity index (χ1v) is 8.18. The van der Waals surface area contributed by atoms with Gasteiger partial charge in [-0.3, -0.25) is 0 Å². The van der Waals surface area contributed by atoms with Gasteiger partial charge in [-0.25, -0.2) is 0 Å². The molecule has 1 heteroatoms. The molecule has 0 radical (unpaired) electrons. The first-order chi connectivity index (χ1) is 8.43. The van der Waals surface area contributed by atoms with Crippen molar-refractivity contribution in [1.82, 2.24) is 5.32 Å². The van der Waals surface area contributed by atoms with E-state index >= 15 is 0 Å². The fourth-order valence-electron chi connectivity index (χ4n) is 3.55. The van der Waals surface area contributed by atoms with Crippen LogP contribution in [-0.4, -0.2) is 12.1 Å². The molecular formula is C17H35N. The van der Waals surface area contributed by atoms with Gasteiger partial charge in [0.05, 0.1) is 0 Å². The fourth-order valence-corrected chi connectivity index (χ4v) is 3.55. The Morgan fingerprint density at radius 2 is 1.39 bits per heavy atom. The molecule has 108 valence electrons. The summed E-state index contributed by atoms with van der Waals surface area (Å²) in [5, 5.41) is 3.78. The highest BCUT2D eigenvalue weighted by molar-refractivity contribution is 4.89. The van der Waals surface area contributed by atoms with Gasteiger partial charge in [0.15, 0.2) is 0 Å². The van der Waals surface area contributed by atoms with E-state index in [-0.39, 0.29) is 5.54 Å². The normalized spacial score (nSPS) is 19.8. The molecule has 18 heavy (non-hydrogen) atoms. The lowest BCUT2D eigenvalue weighted by Crippen LogP contribution is -2.46. The Labute approximate surface area is 115 Å². The minimum absolute atomic E-state index is 0.250. The van der Waals surface area contributed by atoms with Crippen molar-refractivity contribution in [3.05, 3.63) is 0 Å². The predicted octanol–water partition coefficient (Wildman–Crippen LogP) is 5.15. The maximum Gasteiger partial charge on any atom is 0.00967 e. The van der Waals surface area contributed by atoms with Gasteiger partial charge in [0.2, 0.25) is 0 Å². The molecule has 0 bridgehead atoms. The molecular weight excluding hydrogens is 218 g/mol. The van der Waals surface area contributed by atoms with Crippen molar-refractivity contribution in [3.63, 3.8) is 0 Å². The van der Waals surface area contributed by atoms with Gasteiger partial charge in [-0.05, 0) is 57.8 Å². The van der Waals surface area contributed by atoms with Gasteiger partial charge < -0.3 is 5.32 Å². The summed E-state index contributed by atoms with van der Waals surface area (Å²) in [7, 11) is 0. The van der Waals surface area contributed by atoms with Crippen LogP contribution in [0.1, 0.15) is 86.0 Å².